The molecule has 5 heteroatoms. The van der Waals surface area contributed by atoms with Crippen molar-refractivity contribution in [2.45, 2.75) is 39.7 Å². The van der Waals surface area contributed by atoms with Crippen molar-refractivity contribution in [3.05, 3.63) is 64.2 Å². The van der Waals surface area contributed by atoms with Crippen LogP contribution >= 0.6 is 23.4 Å². The lowest BCUT2D eigenvalue weighted by Gasteiger charge is -2.28. The number of hydrogen-bond acceptors (Lipinski definition) is 3. The van der Waals surface area contributed by atoms with E-state index in [1.807, 2.05) is 42.1 Å². The zero-order valence-corrected chi connectivity index (χ0v) is 18.2. The summed E-state index contributed by atoms with van der Waals surface area (Å²) in [5, 5.41) is 11.0. The monoisotopic (exact) mass is 411 g/mol. The van der Waals surface area contributed by atoms with E-state index >= 15 is 0 Å². The summed E-state index contributed by atoms with van der Waals surface area (Å²) < 4.78 is 0. The van der Waals surface area contributed by atoms with Crippen LogP contribution in [0.5, 0.6) is 0 Å². The minimum Gasteiger partial charge on any atom is -0.347 e. The van der Waals surface area contributed by atoms with E-state index in [4.69, 9.17) is 21.9 Å². The van der Waals surface area contributed by atoms with E-state index in [-0.39, 0.29) is 0 Å². The molecule has 0 saturated carbocycles. The Morgan fingerprint density at radius 3 is 2.64 bits per heavy atom. The van der Waals surface area contributed by atoms with Gasteiger partial charge in [-0.25, -0.2) is 4.99 Å². The fourth-order valence-corrected chi connectivity index (χ4v) is 4.75. The fourth-order valence-electron chi connectivity index (χ4n) is 3.43. The van der Waals surface area contributed by atoms with Gasteiger partial charge in [-0.15, -0.1) is 0 Å². The summed E-state index contributed by atoms with van der Waals surface area (Å²) in [4.78, 5) is 7.48. The van der Waals surface area contributed by atoms with Crippen LogP contribution in [0.3, 0.4) is 0 Å². The van der Waals surface area contributed by atoms with Crippen LogP contribution in [-0.4, -0.2) is 28.4 Å². The lowest BCUT2D eigenvalue weighted by molar-refractivity contribution is 0.311. The maximum absolute atomic E-state index is 9.16. The molecule has 1 heterocycles. The molecule has 2 aromatic carbocycles. The number of halogens is 1. The van der Waals surface area contributed by atoms with Crippen LogP contribution in [0.4, 0.5) is 5.69 Å². The largest absolute Gasteiger partial charge is 0.347 e. The van der Waals surface area contributed by atoms with Crippen molar-refractivity contribution in [1.82, 2.24) is 4.90 Å². The molecule has 0 radical (unpaired) electrons. The first kappa shape index (κ1) is 20.8. The van der Waals surface area contributed by atoms with Crippen LogP contribution < -0.4 is 0 Å². The Balaban J connectivity index is 1.87. The van der Waals surface area contributed by atoms with E-state index in [2.05, 4.69) is 43.9 Å². The number of hydrogen-bond donors (Lipinski definition) is 0. The maximum Gasteiger partial charge on any atom is 0.164 e. The maximum atomic E-state index is 9.16. The molecular formula is C23H26ClN3S. The summed E-state index contributed by atoms with van der Waals surface area (Å²) in [5.41, 5.74) is 4.10. The highest BCUT2D eigenvalue weighted by Gasteiger charge is 2.30. The van der Waals surface area contributed by atoms with Crippen molar-refractivity contribution in [1.29, 1.82) is 5.26 Å². The molecule has 1 aliphatic rings. The third-order valence-electron chi connectivity index (χ3n) is 4.84. The summed E-state index contributed by atoms with van der Waals surface area (Å²) in [6.45, 7) is 7.59. The number of rotatable bonds is 6. The Kier molecular flexibility index (Phi) is 7.04. The molecule has 28 heavy (non-hydrogen) atoms. The van der Waals surface area contributed by atoms with Crippen LogP contribution in [-0.2, 0) is 12.8 Å². The molecule has 1 saturated heterocycles. The van der Waals surface area contributed by atoms with Gasteiger partial charge in [0.1, 0.15) is 0 Å². The highest BCUT2D eigenvalue weighted by atomic mass is 35.5. The molecule has 1 fully saturated rings. The van der Waals surface area contributed by atoms with E-state index < -0.39 is 0 Å². The smallest absolute Gasteiger partial charge is 0.164 e. The molecule has 0 N–H and O–H groups in total. The number of thioether (sulfide) groups is 1. The van der Waals surface area contributed by atoms with Gasteiger partial charge in [0.05, 0.1) is 17.3 Å². The molecular weight excluding hydrogens is 386 g/mol. The zero-order chi connectivity index (χ0) is 20.1. The van der Waals surface area contributed by atoms with Crippen molar-refractivity contribution in [3.63, 3.8) is 0 Å². The molecule has 0 aliphatic carbocycles. The summed E-state index contributed by atoms with van der Waals surface area (Å²) in [6, 6.07) is 16.6. The number of benzene rings is 2. The molecule has 1 atom stereocenters. The van der Waals surface area contributed by atoms with Gasteiger partial charge in [0, 0.05) is 23.4 Å². The van der Waals surface area contributed by atoms with Gasteiger partial charge in [-0.05, 0) is 60.2 Å². The zero-order valence-electron chi connectivity index (χ0n) is 16.7. The van der Waals surface area contributed by atoms with Gasteiger partial charge in [0.25, 0.3) is 0 Å². The molecule has 1 unspecified atom stereocenters. The third-order valence-corrected chi connectivity index (χ3v) is 6.23. The van der Waals surface area contributed by atoms with Crippen molar-refractivity contribution >= 4 is 34.2 Å². The van der Waals surface area contributed by atoms with Crippen LogP contribution in [0, 0.1) is 17.2 Å². The van der Waals surface area contributed by atoms with Gasteiger partial charge in [-0.1, -0.05) is 56.3 Å². The van der Waals surface area contributed by atoms with Crippen molar-refractivity contribution in [3.8, 4) is 6.07 Å². The number of nitrogens with zero attached hydrogens (tertiary/aromatic N) is 3. The fraction of sp³-hybridized carbons (Fsp3) is 0.391. The van der Waals surface area contributed by atoms with E-state index in [0.29, 0.717) is 17.5 Å². The van der Waals surface area contributed by atoms with Crippen LogP contribution in [0.2, 0.25) is 5.02 Å². The lowest BCUT2D eigenvalue weighted by atomic mass is 10.1. The van der Waals surface area contributed by atoms with Gasteiger partial charge >= 0.3 is 0 Å². The number of nitriles is 1. The number of aliphatic imine (C=N–C) groups is 1. The second kappa shape index (κ2) is 9.49. The standard InChI is InChI=1S/C23H26ClN3S/c1-4-19-11-18(13-25)7-10-22(19)26-23-27(14-16(2)3)21(15-28-23)12-17-5-8-20(24)9-6-17/h5-11,16,21H,4,12,14-15H2,1-3H3. The Bertz CT molecular complexity index is 884. The van der Waals surface area contributed by atoms with Crippen LogP contribution in [0.1, 0.15) is 37.5 Å². The topological polar surface area (TPSA) is 39.4 Å². The second-order valence-corrected chi connectivity index (χ2v) is 8.97. The van der Waals surface area contributed by atoms with E-state index in [0.717, 1.165) is 46.6 Å². The minimum absolute atomic E-state index is 0.427. The van der Waals surface area contributed by atoms with E-state index in [9.17, 15) is 0 Å². The Hall–Kier alpha value is -1.96. The van der Waals surface area contributed by atoms with Crippen molar-refractivity contribution in [2.75, 3.05) is 12.3 Å². The average molecular weight is 412 g/mol. The van der Waals surface area contributed by atoms with Gasteiger partial charge < -0.3 is 4.90 Å². The summed E-state index contributed by atoms with van der Waals surface area (Å²) in [5.74, 6) is 1.59. The SMILES string of the molecule is CCc1cc(C#N)ccc1N=C1SCC(Cc2ccc(Cl)cc2)N1CC(C)C. The molecule has 0 spiro atoms. The van der Waals surface area contributed by atoms with Gasteiger partial charge in [0.15, 0.2) is 5.17 Å². The molecule has 3 nitrogen and oxygen atoms in total. The van der Waals surface area contributed by atoms with Crippen LogP contribution in [0.25, 0.3) is 0 Å². The molecule has 0 aromatic heterocycles. The number of aryl methyl sites for hydroxylation is 1. The lowest BCUT2D eigenvalue weighted by Crippen LogP contribution is -2.38. The van der Waals surface area contributed by atoms with E-state index in [1.54, 1.807) is 0 Å². The van der Waals surface area contributed by atoms with Gasteiger partial charge in [-0.2, -0.15) is 5.26 Å². The Morgan fingerprint density at radius 1 is 1.25 bits per heavy atom. The summed E-state index contributed by atoms with van der Waals surface area (Å²) >= 11 is 7.87. The molecule has 0 bridgehead atoms. The normalized spacial score (nSPS) is 18.1. The molecule has 2 aromatic rings. The molecule has 1 aliphatic heterocycles. The quantitative estimate of drug-likeness (QED) is 0.578. The van der Waals surface area contributed by atoms with Gasteiger partial charge in [-0.3, -0.25) is 0 Å². The van der Waals surface area contributed by atoms with Crippen molar-refractivity contribution < 1.29 is 0 Å². The van der Waals surface area contributed by atoms with Gasteiger partial charge in [0.2, 0.25) is 0 Å². The van der Waals surface area contributed by atoms with Crippen molar-refractivity contribution in [2.24, 2.45) is 10.9 Å². The van der Waals surface area contributed by atoms with Crippen LogP contribution in [0.15, 0.2) is 47.5 Å². The highest BCUT2D eigenvalue weighted by Crippen LogP contribution is 2.31. The Morgan fingerprint density at radius 2 is 2.00 bits per heavy atom. The third kappa shape index (κ3) is 5.10. The Labute approximate surface area is 177 Å². The summed E-state index contributed by atoms with van der Waals surface area (Å²) in [6.07, 6.45) is 1.86. The molecule has 146 valence electrons. The highest BCUT2D eigenvalue weighted by molar-refractivity contribution is 8.14. The number of amidine groups is 1. The minimum atomic E-state index is 0.427. The predicted octanol–water partition coefficient (Wildman–Crippen LogP) is 6.08. The molecule has 0 amide bonds. The second-order valence-electron chi connectivity index (χ2n) is 7.54. The average Bonchev–Trinajstić information content (AvgIpc) is 3.04. The van der Waals surface area contributed by atoms with E-state index in [1.165, 1.54) is 5.56 Å². The summed E-state index contributed by atoms with van der Waals surface area (Å²) in [7, 11) is 0. The first-order valence-corrected chi connectivity index (χ1v) is 11.1. The first-order valence-electron chi connectivity index (χ1n) is 9.75. The molecule has 3 rings (SSSR count). The predicted molar refractivity (Wildman–Crippen MR) is 121 cm³/mol. The first-order chi connectivity index (χ1) is 13.5.